The van der Waals surface area contributed by atoms with Gasteiger partial charge in [-0.2, -0.15) is 0 Å². The minimum atomic E-state index is 0.548. The smallest absolute Gasteiger partial charge is 0.140 e. The number of rotatable bonds is 6. The molecule has 0 saturated heterocycles. The van der Waals surface area contributed by atoms with Crippen molar-refractivity contribution in [3.63, 3.8) is 0 Å². The third kappa shape index (κ3) is 4.75. The van der Waals surface area contributed by atoms with Gasteiger partial charge in [0.25, 0.3) is 0 Å². The first kappa shape index (κ1) is 16.8. The summed E-state index contributed by atoms with van der Waals surface area (Å²) in [5.74, 6) is 0.889. The molecule has 4 heteroatoms. The number of hydrogen-bond donors (Lipinski definition) is 0. The maximum atomic E-state index is 5.75. The molecule has 2 aromatic carbocycles. The number of thioether (sulfide) groups is 1. The van der Waals surface area contributed by atoms with Gasteiger partial charge in [-0.15, -0.1) is 0 Å². The van der Waals surface area contributed by atoms with Gasteiger partial charge in [-0.25, -0.2) is 0 Å². The molecule has 0 spiro atoms. The maximum Gasteiger partial charge on any atom is 0.140 e. The van der Waals surface area contributed by atoms with E-state index < -0.39 is 0 Å². The molecule has 116 valence electrons. The highest BCUT2D eigenvalue weighted by Crippen LogP contribution is 2.20. The number of benzene rings is 2. The highest BCUT2D eigenvalue weighted by Gasteiger charge is 2.02. The van der Waals surface area contributed by atoms with Crippen LogP contribution in [0.4, 0.5) is 0 Å². The minimum Gasteiger partial charge on any atom is -0.489 e. The molecule has 0 radical (unpaired) electrons. The van der Waals surface area contributed by atoms with Crippen molar-refractivity contribution in [1.29, 1.82) is 0 Å². The van der Waals surface area contributed by atoms with E-state index in [0.717, 1.165) is 23.2 Å². The lowest BCUT2D eigenvalue weighted by Crippen LogP contribution is -2.26. The van der Waals surface area contributed by atoms with Gasteiger partial charge >= 0.3 is 0 Å². The standard InChI is InChI=1S/C18H21NOS2/c1-3-19(4-2)18(21)22-13-7-12-20-17-11-10-15-8-5-6-9-16(15)14-17/h5-11,13-14H,3-4,12H2,1-2H3/b13-7-. The molecule has 0 aromatic heterocycles. The molecule has 0 fully saturated rings. The van der Waals surface area contributed by atoms with Gasteiger partial charge in [0.1, 0.15) is 16.7 Å². The molecule has 0 aliphatic carbocycles. The van der Waals surface area contributed by atoms with Crippen molar-refractivity contribution in [2.45, 2.75) is 13.8 Å². The van der Waals surface area contributed by atoms with Crippen LogP contribution in [0, 0.1) is 0 Å². The Balaban J connectivity index is 1.82. The van der Waals surface area contributed by atoms with Crippen LogP contribution in [0.1, 0.15) is 13.8 Å². The average molecular weight is 332 g/mol. The Morgan fingerprint density at radius 2 is 1.86 bits per heavy atom. The van der Waals surface area contributed by atoms with Crippen molar-refractivity contribution < 1.29 is 4.74 Å². The zero-order valence-corrected chi connectivity index (χ0v) is 14.6. The van der Waals surface area contributed by atoms with E-state index in [4.69, 9.17) is 17.0 Å². The monoisotopic (exact) mass is 331 g/mol. The summed E-state index contributed by atoms with van der Waals surface area (Å²) in [6.07, 6.45) is 2.00. The van der Waals surface area contributed by atoms with E-state index in [-0.39, 0.29) is 0 Å². The van der Waals surface area contributed by atoms with Crippen molar-refractivity contribution in [3.05, 3.63) is 53.9 Å². The third-order valence-electron chi connectivity index (χ3n) is 3.35. The molecule has 0 N–H and O–H groups in total. The Hall–Kier alpha value is -1.52. The first-order chi connectivity index (χ1) is 10.7. The van der Waals surface area contributed by atoms with Gasteiger partial charge in [-0.3, -0.25) is 0 Å². The van der Waals surface area contributed by atoms with Crippen LogP contribution >= 0.6 is 24.0 Å². The summed E-state index contributed by atoms with van der Waals surface area (Å²) in [4.78, 5) is 2.16. The summed E-state index contributed by atoms with van der Waals surface area (Å²) < 4.78 is 6.66. The summed E-state index contributed by atoms with van der Waals surface area (Å²) in [5, 5.41) is 4.42. The van der Waals surface area contributed by atoms with Crippen LogP contribution in [0.5, 0.6) is 5.75 Å². The Kier molecular flexibility index (Phi) is 6.74. The molecule has 2 nitrogen and oxygen atoms in total. The minimum absolute atomic E-state index is 0.548. The molecule has 0 amide bonds. The van der Waals surface area contributed by atoms with Crippen LogP contribution in [0.15, 0.2) is 53.9 Å². The topological polar surface area (TPSA) is 12.5 Å². The van der Waals surface area contributed by atoms with E-state index in [2.05, 4.69) is 43.0 Å². The molecule has 0 aliphatic rings. The summed E-state index contributed by atoms with van der Waals surface area (Å²) in [6.45, 7) is 6.67. The molecule has 2 aromatic rings. The molecular weight excluding hydrogens is 310 g/mol. The van der Waals surface area contributed by atoms with E-state index in [0.29, 0.717) is 6.61 Å². The zero-order valence-electron chi connectivity index (χ0n) is 13.0. The molecule has 0 unspecified atom stereocenters. The first-order valence-electron chi connectivity index (χ1n) is 7.46. The van der Waals surface area contributed by atoms with Crippen molar-refractivity contribution >= 4 is 39.1 Å². The fourth-order valence-corrected chi connectivity index (χ4v) is 3.23. The van der Waals surface area contributed by atoms with E-state index in [1.54, 1.807) is 11.8 Å². The Morgan fingerprint density at radius 3 is 2.59 bits per heavy atom. The van der Waals surface area contributed by atoms with Gasteiger partial charge in [0.05, 0.1) is 0 Å². The van der Waals surface area contributed by atoms with Gasteiger partial charge in [0.2, 0.25) is 0 Å². The first-order valence-corrected chi connectivity index (χ1v) is 8.75. The fraction of sp³-hybridized carbons (Fsp3) is 0.278. The second-order valence-corrected chi connectivity index (χ2v) is 6.29. The number of thiocarbonyl (C=S) groups is 1. The molecule has 0 saturated carbocycles. The summed E-state index contributed by atoms with van der Waals surface area (Å²) in [5.41, 5.74) is 0. The number of fused-ring (bicyclic) bond motifs is 1. The number of nitrogens with zero attached hydrogens (tertiary/aromatic N) is 1. The van der Waals surface area contributed by atoms with Crippen molar-refractivity contribution in [1.82, 2.24) is 4.90 Å². The average Bonchev–Trinajstić information content (AvgIpc) is 2.55. The van der Waals surface area contributed by atoms with E-state index in [1.807, 2.05) is 29.7 Å². The zero-order chi connectivity index (χ0) is 15.8. The maximum absolute atomic E-state index is 5.75. The van der Waals surface area contributed by atoms with Crippen LogP contribution in [-0.2, 0) is 0 Å². The molecule has 0 heterocycles. The van der Waals surface area contributed by atoms with Crippen molar-refractivity contribution in [2.24, 2.45) is 0 Å². The van der Waals surface area contributed by atoms with E-state index >= 15 is 0 Å². The van der Waals surface area contributed by atoms with Gasteiger partial charge < -0.3 is 9.64 Å². The van der Waals surface area contributed by atoms with Crippen LogP contribution in [-0.4, -0.2) is 28.9 Å². The quantitative estimate of drug-likeness (QED) is 0.683. The molecule has 22 heavy (non-hydrogen) atoms. The number of hydrogen-bond acceptors (Lipinski definition) is 3. The van der Waals surface area contributed by atoms with Gasteiger partial charge in [0, 0.05) is 13.1 Å². The van der Waals surface area contributed by atoms with E-state index in [1.165, 1.54) is 10.8 Å². The second kappa shape index (κ2) is 8.81. The molecular formula is C18H21NOS2. The number of ether oxygens (including phenoxy) is 1. The van der Waals surface area contributed by atoms with Crippen molar-refractivity contribution in [3.8, 4) is 5.75 Å². The summed E-state index contributed by atoms with van der Waals surface area (Å²) >= 11 is 6.93. The lowest BCUT2D eigenvalue weighted by atomic mass is 10.1. The molecule has 0 atom stereocenters. The van der Waals surface area contributed by atoms with Gasteiger partial charge in [-0.1, -0.05) is 54.3 Å². The summed E-state index contributed by atoms with van der Waals surface area (Å²) in [7, 11) is 0. The Morgan fingerprint density at radius 1 is 1.14 bits per heavy atom. The van der Waals surface area contributed by atoms with Crippen molar-refractivity contribution in [2.75, 3.05) is 19.7 Å². The van der Waals surface area contributed by atoms with Gasteiger partial charge in [0.15, 0.2) is 0 Å². The fourth-order valence-electron chi connectivity index (χ4n) is 2.10. The Bertz CT molecular complexity index is 650. The molecule has 0 aliphatic heterocycles. The normalized spacial score (nSPS) is 11.0. The highest BCUT2D eigenvalue weighted by atomic mass is 32.2. The SMILES string of the molecule is CCN(CC)C(=S)S/C=C\COc1ccc2ccccc2c1. The molecule has 2 rings (SSSR count). The lowest BCUT2D eigenvalue weighted by Gasteiger charge is -2.19. The van der Waals surface area contributed by atoms with Crippen LogP contribution < -0.4 is 4.74 Å². The lowest BCUT2D eigenvalue weighted by molar-refractivity contribution is 0.363. The van der Waals surface area contributed by atoms with Gasteiger partial charge in [-0.05, 0) is 48.2 Å². The van der Waals surface area contributed by atoms with Crippen LogP contribution in [0.2, 0.25) is 0 Å². The van der Waals surface area contributed by atoms with Crippen LogP contribution in [0.3, 0.4) is 0 Å². The second-order valence-electron chi connectivity index (χ2n) is 4.75. The third-order valence-corrected chi connectivity index (χ3v) is 4.69. The predicted molar refractivity (Wildman–Crippen MR) is 102 cm³/mol. The van der Waals surface area contributed by atoms with E-state index in [9.17, 15) is 0 Å². The largest absolute Gasteiger partial charge is 0.489 e. The Labute approximate surface area is 142 Å². The summed E-state index contributed by atoms with van der Waals surface area (Å²) in [6, 6.07) is 14.4. The molecule has 0 bridgehead atoms. The highest BCUT2D eigenvalue weighted by molar-refractivity contribution is 8.24. The predicted octanol–water partition coefficient (Wildman–Crippen LogP) is 5.09. The van der Waals surface area contributed by atoms with Crippen LogP contribution in [0.25, 0.3) is 10.8 Å².